The van der Waals surface area contributed by atoms with Crippen LogP contribution in [0.25, 0.3) is 11.4 Å². The molecule has 0 unspecified atom stereocenters. The first-order valence-electron chi connectivity index (χ1n) is 5.22. The van der Waals surface area contributed by atoms with Crippen molar-refractivity contribution in [2.75, 3.05) is 0 Å². The number of carboxylic acids is 1. The maximum atomic E-state index is 11.2. The molecule has 1 aromatic carbocycles. The molecule has 0 aliphatic carbocycles. The number of nitrogens with zero attached hydrogens (tertiary/aromatic N) is 2. The lowest BCUT2D eigenvalue weighted by atomic mass is 10.0. The quantitative estimate of drug-likeness (QED) is 0.857. The fourth-order valence-electron chi connectivity index (χ4n) is 1.61. The number of rotatable bonds is 2. The van der Waals surface area contributed by atoms with Crippen LogP contribution in [0.4, 0.5) is 0 Å². The Bertz CT molecular complexity index is 579. The normalized spacial score (nSPS) is 10.2. The van der Waals surface area contributed by atoms with E-state index in [1.807, 2.05) is 19.9 Å². The molecule has 1 heterocycles. The molecule has 0 fully saturated rings. The second kappa shape index (κ2) is 4.33. The Morgan fingerprint density at radius 3 is 2.65 bits per heavy atom. The molecule has 86 valence electrons. The zero-order valence-electron chi connectivity index (χ0n) is 9.64. The zero-order valence-corrected chi connectivity index (χ0v) is 9.64. The van der Waals surface area contributed by atoms with Crippen LogP contribution in [-0.4, -0.2) is 21.0 Å². The van der Waals surface area contributed by atoms with Crippen molar-refractivity contribution in [3.8, 4) is 11.4 Å². The van der Waals surface area contributed by atoms with Crippen molar-refractivity contribution in [3.05, 3.63) is 47.3 Å². The van der Waals surface area contributed by atoms with Gasteiger partial charge >= 0.3 is 5.97 Å². The van der Waals surface area contributed by atoms with Gasteiger partial charge in [0.25, 0.3) is 0 Å². The summed E-state index contributed by atoms with van der Waals surface area (Å²) in [5, 5.41) is 9.17. The topological polar surface area (TPSA) is 63.1 Å². The summed E-state index contributed by atoms with van der Waals surface area (Å²) in [5.74, 6) is -0.517. The lowest BCUT2D eigenvalue weighted by Crippen LogP contribution is -2.02. The monoisotopic (exact) mass is 228 g/mol. The summed E-state index contributed by atoms with van der Waals surface area (Å²) in [6, 6.07) is 7.00. The van der Waals surface area contributed by atoms with Gasteiger partial charge in [-0.15, -0.1) is 0 Å². The van der Waals surface area contributed by atoms with Crippen LogP contribution in [0.2, 0.25) is 0 Å². The number of carbonyl (C=O) groups is 1. The van der Waals surface area contributed by atoms with Crippen molar-refractivity contribution in [3.63, 3.8) is 0 Å². The predicted octanol–water partition coefficient (Wildman–Crippen LogP) is 2.46. The van der Waals surface area contributed by atoms with Crippen LogP contribution in [0, 0.1) is 13.8 Å². The van der Waals surface area contributed by atoms with Gasteiger partial charge in [0.05, 0.1) is 5.56 Å². The van der Waals surface area contributed by atoms with E-state index in [4.69, 9.17) is 5.11 Å². The molecule has 17 heavy (non-hydrogen) atoms. The molecular formula is C13H12N2O2. The van der Waals surface area contributed by atoms with Gasteiger partial charge in [0.1, 0.15) is 0 Å². The van der Waals surface area contributed by atoms with Crippen LogP contribution in [0.1, 0.15) is 21.6 Å². The van der Waals surface area contributed by atoms with Crippen LogP contribution in [0.3, 0.4) is 0 Å². The molecule has 2 aromatic rings. The molecule has 4 nitrogen and oxygen atoms in total. The minimum atomic E-state index is -0.964. The molecule has 1 aromatic heterocycles. The van der Waals surface area contributed by atoms with Crippen LogP contribution in [-0.2, 0) is 0 Å². The average Bonchev–Trinajstić information content (AvgIpc) is 2.28. The lowest BCUT2D eigenvalue weighted by molar-refractivity contribution is 0.0697. The maximum Gasteiger partial charge on any atom is 0.336 e. The van der Waals surface area contributed by atoms with E-state index in [0.717, 1.165) is 11.3 Å². The number of aromatic carboxylic acids is 1. The minimum Gasteiger partial charge on any atom is -0.478 e. The van der Waals surface area contributed by atoms with E-state index in [2.05, 4.69) is 9.97 Å². The highest BCUT2D eigenvalue weighted by Gasteiger charge is 2.13. The predicted molar refractivity (Wildman–Crippen MR) is 63.9 cm³/mol. The van der Waals surface area contributed by atoms with E-state index in [1.54, 1.807) is 24.4 Å². The van der Waals surface area contributed by atoms with Gasteiger partial charge in [0.15, 0.2) is 5.82 Å². The fourth-order valence-corrected chi connectivity index (χ4v) is 1.61. The Morgan fingerprint density at radius 2 is 2.00 bits per heavy atom. The van der Waals surface area contributed by atoms with Gasteiger partial charge in [-0.05, 0) is 26.0 Å². The van der Waals surface area contributed by atoms with E-state index in [9.17, 15) is 4.79 Å². The van der Waals surface area contributed by atoms with Crippen LogP contribution in [0.5, 0.6) is 0 Å². The van der Waals surface area contributed by atoms with Gasteiger partial charge in [-0.1, -0.05) is 17.7 Å². The van der Waals surface area contributed by atoms with Crippen molar-refractivity contribution in [2.45, 2.75) is 13.8 Å². The Kier molecular flexibility index (Phi) is 2.87. The van der Waals surface area contributed by atoms with E-state index >= 15 is 0 Å². The molecule has 4 heteroatoms. The second-order valence-electron chi connectivity index (χ2n) is 3.88. The van der Waals surface area contributed by atoms with E-state index in [-0.39, 0.29) is 5.56 Å². The molecule has 0 bridgehead atoms. The minimum absolute atomic E-state index is 0.232. The summed E-state index contributed by atoms with van der Waals surface area (Å²) >= 11 is 0. The third kappa shape index (κ3) is 2.30. The number of benzene rings is 1. The van der Waals surface area contributed by atoms with Gasteiger partial charge in [-0.3, -0.25) is 0 Å². The number of aryl methyl sites for hydroxylation is 2. The number of hydrogen-bond acceptors (Lipinski definition) is 3. The van der Waals surface area contributed by atoms with Crippen LogP contribution in [0.15, 0.2) is 30.5 Å². The molecule has 0 saturated heterocycles. The molecular weight excluding hydrogens is 216 g/mol. The number of carboxylic acid groups (broad SMARTS) is 1. The molecule has 0 aliphatic heterocycles. The zero-order chi connectivity index (χ0) is 12.4. The molecule has 2 rings (SSSR count). The molecule has 1 N–H and O–H groups in total. The summed E-state index contributed by atoms with van der Waals surface area (Å²) < 4.78 is 0. The molecule has 0 aliphatic rings. The third-order valence-corrected chi connectivity index (χ3v) is 2.44. The molecule has 0 radical (unpaired) electrons. The number of hydrogen-bond donors (Lipinski definition) is 1. The maximum absolute atomic E-state index is 11.2. The van der Waals surface area contributed by atoms with Crippen molar-refractivity contribution < 1.29 is 9.90 Å². The third-order valence-electron chi connectivity index (χ3n) is 2.44. The molecule has 0 atom stereocenters. The SMILES string of the molecule is Cc1ccc(-c2nccc(C)n2)c(C(=O)O)c1. The van der Waals surface area contributed by atoms with Crippen LogP contribution >= 0.6 is 0 Å². The Morgan fingerprint density at radius 1 is 1.24 bits per heavy atom. The van der Waals surface area contributed by atoms with E-state index in [1.165, 1.54) is 0 Å². The van der Waals surface area contributed by atoms with Crippen molar-refractivity contribution in [1.29, 1.82) is 0 Å². The highest BCUT2D eigenvalue weighted by molar-refractivity contribution is 5.95. The molecule has 0 saturated carbocycles. The van der Waals surface area contributed by atoms with Crippen molar-refractivity contribution in [2.24, 2.45) is 0 Å². The van der Waals surface area contributed by atoms with Gasteiger partial charge in [-0.25, -0.2) is 14.8 Å². The highest BCUT2D eigenvalue weighted by Crippen LogP contribution is 2.21. The molecule has 0 amide bonds. The second-order valence-corrected chi connectivity index (χ2v) is 3.88. The van der Waals surface area contributed by atoms with Gasteiger partial charge < -0.3 is 5.11 Å². The first kappa shape index (κ1) is 11.3. The molecule has 0 spiro atoms. The highest BCUT2D eigenvalue weighted by atomic mass is 16.4. The summed E-state index contributed by atoms with van der Waals surface area (Å²) in [6.07, 6.45) is 1.63. The summed E-state index contributed by atoms with van der Waals surface area (Å²) in [6.45, 7) is 3.70. The summed E-state index contributed by atoms with van der Waals surface area (Å²) in [7, 11) is 0. The van der Waals surface area contributed by atoms with Crippen molar-refractivity contribution >= 4 is 5.97 Å². The van der Waals surface area contributed by atoms with E-state index < -0.39 is 5.97 Å². The average molecular weight is 228 g/mol. The Labute approximate surface area is 99.0 Å². The lowest BCUT2D eigenvalue weighted by Gasteiger charge is -2.06. The Balaban J connectivity index is 2.63. The first-order valence-corrected chi connectivity index (χ1v) is 5.22. The standard InChI is InChI=1S/C13H12N2O2/c1-8-3-4-10(11(7-8)13(16)17)12-14-6-5-9(2)15-12/h3-7H,1-2H3,(H,16,17). The van der Waals surface area contributed by atoms with Gasteiger partial charge in [0, 0.05) is 17.5 Å². The van der Waals surface area contributed by atoms with Crippen molar-refractivity contribution in [1.82, 2.24) is 9.97 Å². The summed E-state index contributed by atoms with van der Waals surface area (Å²) in [5.41, 5.74) is 2.49. The first-order chi connectivity index (χ1) is 8.08. The smallest absolute Gasteiger partial charge is 0.336 e. The van der Waals surface area contributed by atoms with E-state index in [0.29, 0.717) is 11.4 Å². The summed E-state index contributed by atoms with van der Waals surface area (Å²) in [4.78, 5) is 19.5. The fraction of sp³-hybridized carbons (Fsp3) is 0.154. The number of aromatic nitrogens is 2. The largest absolute Gasteiger partial charge is 0.478 e. The van der Waals surface area contributed by atoms with Gasteiger partial charge in [-0.2, -0.15) is 0 Å². The van der Waals surface area contributed by atoms with Crippen LogP contribution < -0.4 is 0 Å². The Hall–Kier alpha value is -2.23. The van der Waals surface area contributed by atoms with Gasteiger partial charge in [0.2, 0.25) is 0 Å².